The van der Waals surface area contributed by atoms with E-state index in [0.29, 0.717) is 11.4 Å². The number of carbonyl (C=O) groups is 2. The van der Waals surface area contributed by atoms with Gasteiger partial charge in [-0.05, 0) is 12.1 Å². The van der Waals surface area contributed by atoms with Crippen LogP contribution in [-0.2, 0) is 9.59 Å². The number of para-hydroxylation sites is 1. The molecule has 1 aromatic carbocycles. The smallest absolute Gasteiger partial charge is 0.272 e. The Balaban J connectivity index is 2.24. The van der Waals surface area contributed by atoms with Gasteiger partial charge >= 0.3 is 0 Å². The molecule has 2 N–H and O–H groups in total. The molecular weight excluding hydrogens is 260 g/mol. The van der Waals surface area contributed by atoms with Crippen LogP contribution in [0.2, 0.25) is 0 Å². The highest BCUT2D eigenvalue weighted by Crippen LogP contribution is 2.27. The minimum absolute atomic E-state index is 0.208. The highest BCUT2D eigenvalue weighted by atomic mass is 16.5. The summed E-state index contributed by atoms with van der Waals surface area (Å²) >= 11 is 0. The maximum absolute atomic E-state index is 12.1. The molecule has 0 bridgehead atoms. The van der Waals surface area contributed by atoms with E-state index < -0.39 is 5.91 Å². The first-order valence-corrected chi connectivity index (χ1v) is 5.89. The van der Waals surface area contributed by atoms with Gasteiger partial charge in [-0.3, -0.25) is 9.59 Å². The third-order valence-electron chi connectivity index (χ3n) is 2.77. The lowest BCUT2D eigenvalue weighted by molar-refractivity contribution is -0.121. The summed E-state index contributed by atoms with van der Waals surface area (Å²) in [7, 11) is 1.45. The van der Waals surface area contributed by atoms with Gasteiger partial charge < -0.3 is 10.1 Å². The van der Waals surface area contributed by atoms with E-state index in [2.05, 4.69) is 15.8 Å². The Morgan fingerprint density at radius 3 is 2.90 bits per heavy atom. The zero-order valence-corrected chi connectivity index (χ0v) is 10.8. The molecule has 0 saturated carbocycles. The Kier molecular flexibility index (Phi) is 3.96. The van der Waals surface area contributed by atoms with Crippen LogP contribution in [-0.4, -0.2) is 24.6 Å². The topological polar surface area (TPSA) is 104 Å². The highest BCUT2D eigenvalue weighted by molar-refractivity contribution is 6.43. The predicted molar refractivity (Wildman–Crippen MR) is 71.2 cm³/mol. The summed E-state index contributed by atoms with van der Waals surface area (Å²) < 4.78 is 5.12. The number of hydrazone groups is 1. The monoisotopic (exact) mass is 272 g/mol. The number of nitriles is 1. The highest BCUT2D eigenvalue weighted by Gasteiger charge is 2.20. The number of nitrogens with one attached hydrogen (secondary N) is 2. The fourth-order valence-electron chi connectivity index (χ4n) is 1.75. The van der Waals surface area contributed by atoms with Gasteiger partial charge in [-0.2, -0.15) is 10.4 Å². The van der Waals surface area contributed by atoms with Crippen LogP contribution < -0.4 is 15.5 Å². The van der Waals surface area contributed by atoms with Crippen molar-refractivity contribution >= 4 is 23.2 Å². The van der Waals surface area contributed by atoms with Crippen molar-refractivity contribution in [3.63, 3.8) is 0 Å². The zero-order valence-electron chi connectivity index (χ0n) is 10.8. The van der Waals surface area contributed by atoms with E-state index in [1.807, 2.05) is 6.07 Å². The van der Waals surface area contributed by atoms with Gasteiger partial charge in [-0.25, -0.2) is 5.43 Å². The second-order valence-corrected chi connectivity index (χ2v) is 4.04. The Bertz CT molecular complexity index is 631. The molecule has 20 heavy (non-hydrogen) atoms. The molecule has 1 aromatic rings. The Morgan fingerprint density at radius 2 is 2.30 bits per heavy atom. The van der Waals surface area contributed by atoms with Crippen LogP contribution in [0.3, 0.4) is 0 Å². The van der Waals surface area contributed by atoms with E-state index in [4.69, 9.17) is 10.00 Å². The van der Waals surface area contributed by atoms with Crippen LogP contribution in [0.1, 0.15) is 18.4 Å². The fraction of sp³-hybridized carbons (Fsp3) is 0.231. The second kappa shape index (κ2) is 5.84. The van der Waals surface area contributed by atoms with E-state index in [1.54, 1.807) is 18.2 Å². The largest absolute Gasteiger partial charge is 0.495 e. The molecule has 7 nitrogen and oxygen atoms in total. The van der Waals surface area contributed by atoms with Gasteiger partial charge in [0.1, 0.15) is 23.2 Å². The minimum Gasteiger partial charge on any atom is -0.495 e. The molecule has 102 valence electrons. The van der Waals surface area contributed by atoms with Crippen molar-refractivity contribution in [2.45, 2.75) is 12.8 Å². The quantitative estimate of drug-likeness (QED) is 0.848. The number of anilines is 1. The number of ether oxygens (including phenoxy) is 1. The molecule has 0 saturated heterocycles. The molecule has 0 fully saturated rings. The van der Waals surface area contributed by atoms with Crippen molar-refractivity contribution in [1.29, 1.82) is 5.26 Å². The molecule has 1 aliphatic heterocycles. The Hall–Kier alpha value is -2.88. The van der Waals surface area contributed by atoms with Crippen molar-refractivity contribution in [1.82, 2.24) is 5.43 Å². The lowest BCUT2D eigenvalue weighted by Crippen LogP contribution is -2.33. The van der Waals surface area contributed by atoms with E-state index in [-0.39, 0.29) is 30.0 Å². The van der Waals surface area contributed by atoms with Gasteiger partial charge in [0.25, 0.3) is 5.91 Å². The van der Waals surface area contributed by atoms with Crippen molar-refractivity contribution < 1.29 is 14.3 Å². The number of benzene rings is 1. The third-order valence-corrected chi connectivity index (χ3v) is 2.77. The molecule has 1 aliphatic rings. The Labute approximate surface area is 115 Å². The van der Waals surface area contributed by atoms with Crippen LogP contribution in [0.4, 0.5) is 5.69 Å². The molecular formula is C13H12N4O3. The molecule has 0 aliphatic carbocycles. The summed E-state index contributed by atoms with van der Waals surface area (Å²) in [5.41, 5.74) is 3.04. The zero-order chi connectivity index (χ0) is 14.5. The molecule has 2 amide bonds. The predicted octanol–water partition coefficient (Wildman–Crippen LogP) is 0.771. The molecule has 0 atom stereocenters. The number of amides is 2. The van der Waals surface area contributed by atoms with Crippen LogP contribution in [0.5, 0.6) is 5.75 Å². The minimum atomic E-state index is -0.467. The average Bonchev–Trinajstić information content (AvgIpc) is 2.48. The van der Waals surface area contributed by atoms with E-state index in [9.17, 15) is 9.59 Å². The number of methoxy groups -OCH3 is 1. The Morgan fingerprint density at radius 1 is 1.50 bits per heavy atom. The first kappa shape index (κ1) is 13.5. The van der Waals surface area contributed by atoms with Crippen LogP contribution in [0.15, 0.2) is 23.3 Å². The van der Waals surface area contributed by atoms with Gasteiger partial charge in [0, 0.05) is 12.8 Å². The SMILES string of the molecule is COc1cccc(C#N)c1NC(=O)C1=NNC(=O)CC1. The van der Waals surface area contributed by atoms with Crippen LogP contribution in [0, 0.1) is 11.3 Å². The maximum Gasteiger partial charge on any atom is 0.272 e. The summed E-state index contributed by atoms with van der Waals surface area (Å²) in [5.74, 6) is -0.305. The standard InChI is InChI=1S/C13H12N4O3/c1-20-10-4-2-3-8(7-14)12(10)15-13(19)9-5-6-11(18)17-16-9/h2-4H,5-6H2,1H3,(H,15,19)(H,17,18). The number of hydrogen-bond donors (Lipinski definition) is 2. The van der Waals surface area contributed by atoms with Crippen molar-refractivity contribution in [3.05, 3.63) is 23.8 Å². The first-order valence-electron chi connectivity index (χ1n) is 5.89. The summed E-state index contributed by atoms with van der Waals surface area (Å²) in [6.45, 7) is 0. The summed E-state index contributed by atoms with van der Waals surface area (Å²) in [6.07, 6.45) is 0.470. The summed E-state index contributed by atoms with van der Waals surface area (Å²) in [6, 6.07) is 6.85. The van der Waals surface area contributed by atoms with Crippen molar-refractivity contribution in [3.8, 4) is 11.8 Å². The molecule has 2 rings (SSSR count). The molecule has 0 radical (unpaired) electrons. The molecule has 0 spiro atoms. The molecule has 0 unspecified atom stereocenters. The number of carbonyl (C=O) groups excluding carboxylic acids is 2. The lowest BCUT2D eigenvalue weighted by Gasteiger charge is -2.14. The maximum atomic E-state index is 12.1. The van der Waals surface area contributed by atoms with Gasteiger partial charge in [0.15, 0.2) is 0 Å². The lowest BCUT2D eigenvalue weighted by atomic mass is 10.1. The average molecular weight is 272 g/mol. The van der Waals surface area contributed by atoms with Gasteiger partial charge in [0.05, 0.1) is 12.7 Å². The second-order valence-electron chi connectivity index (χ2n) is 4.04. The number of hydrogen-bond acceptors (Lipinski definition) is 5. The van der Waals surface area contributed by atoms with E-state index in [1.165, 1.54) is 7.11 Å². The number of nitrogens with zero attached hydrogens (tertiary/aromatic N) is 2. The van der Waals surface area contributed by atoms with Gasteiger partial charge in [-0.15, -0.1) is 0 Å². The van der Waals surface area contributed by atoms with Crippen LogP contribution in [0.25, 0.3) is 0 Å². The van der Waals surface area contributed by atoms with Crippen molar-refractivity contribution in [2.24, 2.45) is 5.10 Å². The molecule has 1 heterocycles. The fourth-order valence-corrected chi connectivity index (χ4v) is 1.75. The first-order chi connectivity index (χ1) is 9.65. The van der Waals surface area contributed by atoms with Crippen molar-refractivity contribution in [2.75, 3.05) is 12.4 Å². The molecule has 0 aromatic heterocycles. The summed E-state index contributed by atoms with van der Waals surface area (Å²) in [5, 5.41) is 15.3. The molecule has 7 heteroatoms. The third kappa shape index (κ3) is 2.75. The van der Waals surface area contributed by atoms with Gasteiger partial charge in [0.2, 0.25) is 5.91 Å². The van der Waals surface area contributed by atoms with Gasteiger partial charge in [-0.1, -0.05) is 6.07 Å². The number of rotatable bonds is 3. The van der Waals surface area contributed by atoms with E-state index >= 15 is 0 Å². The normalized spacial score (nSPS) is 13.8. The van der Waals surface area contributed by atoms with Crippen LogP contribution >= 0.6 is 0 Å². The summed E-state index contributed by atoms with van der Waals surface area (Å²) in [4.78, 5) is 23.0. The van der Waals surface area contributed by atoms with E-state index in [0.717, 1.165) is 0 Å².